The molecular weight excluding hydrogens is 177 g/mol. The summed E-state index contributed by atoms with van der Waals surface area (Å²) >= 11 is 0. The SMILES string of the molecule is NC1(CCc2cccc(CF)c2)CC1. The number of hydrogen-bond acceptors (Lipinski definition) is 1. The summed E-state index contributed by atoms with van der Waals surface area (Å²) < 4.78 is 12.4. The van der Waals surface area contributed by atoms with Crippen molar-refractivity contribution in [2.45, 2.75) is 37.9 Å². The molecule has 1 aromatic rings. The van der Waals surface area contributed by atoms with E-state index in [1.807, 2.05) is 24.3 Å². The van der Waals surface area contributed by atoms with Crippen LogP contribution in [0.25, 0.3) is 0 Å². The first kappa shape index (κ1) is 9.66. The van der Waals surface area contributed by atoms with Gasteiger partial charge in [0.05, 0.1) is 0 Å². The summed E-state index contributed by atoms with van der Waals surface area (Å²) in [6.45, 7) is -0.373. The van der Waals surface area contributed by atoms with Crippen LogP contribution in [0.1, 0.15) is 30.4 Å². The normalized spacial score (nSPS) is 18.1. The van der Waals surface area contributed by atoms with Gasteiger partial charge in [-0.3, -0.25) is 0 Å². The summed E-state index contributed by atoms with van der Waals surface area (Å²) in [4.78, 5) is 0. The van der Waals surface area contributed by atoms with E-state index in [1.165, 1.54) is 5.56 Å². The standard InChI is InChI=1S/C12H16FN/c13-9-11-3-1-2-10(8-11)4-5-12(14)6-7-12/h1-3,8H,4-7,9,14H2. The minimum atomic E-state index is -0.373. The van der Waals surface area contributed by atoms with E-state index in [0.717, 1.165) is 31.2 Å². The van der Waals surface area contributed by atoms with Gasteiger partial charge in [0.1, 0.15) is 6.67 Å². The Kier molecular flexibility index (Phi) is 2.55. The van der Waals surface area contributed by atoms with Crippen molar-refractivity contribution < 1.29 is 4.39 Å². The van der Waals surface area contributed by atoms with Crippen LogP contribution in [0.4, 0.5) is 4.39 Å². The molecule has 76 valence electrons. The van der Waals surface area contributed by atoms with E-state index < -0.39 is 0 Å². The van der Waals surface area contributed by atoms with Crippen molar-refractivity contribution in [1.82, 2.24) is 0 Å². The molecule has 1 aromatic carbocycles. The summed E-state index contributed by atoms with van der Waals surface area (Å²) in [6.07, 6.45) is 4.30. The third kappa shape index (κ3) is 2.32. The fraction of sp³-hybridized carbons (Fsp3) is 0.500. The Morgan fingerprint density at radius 1 is 1.29 bits per heavy atom. The molecule has 1 aliphatic rings. The quantitative estimate of drug-likeness (QED) is 0.781. The molecule has 0 amide bonds. The van der Waals surface area contributed by atoms with Gasteiger partial charge in [-0.25, -0.2) is 4.39 Å². The molecule has 0 unspecified atom stereocenters. The number of alkyl halides is 1. The van der Waals surface area contributed by atoms with E-state index in [9.17, 15) is 4.39 Å². The summed E-state index contributed by atoms with van der Waals surface area (Å²) in [5, 5.41) is 0. The van der Waals surface area contributed by atoms with Crippen LogP contribution in [0.2, 0.25) is 0 Å². The monoisotopic (exact) mass is 193 g/mol. The highest BCUT2D eigenvalue weighted by molar-refractivity contribution is 5.23. The van der Waals surface area contributed by atoms with Crippen molar-refractivity contribution in [2.24, 2.45) is 5.73 Å². The van der Waals surface area contributed by atoms with Crippen molar-refractivity contribution in [1.29, 1.82) is 0 Å². The zero-order chi connectivity index (χ0) is 10.0. The molecule has 0 radical (unpaired) electrons. The molecule has 1 saturated carbocycles. The molecule has 0 spiro atoms. The lowest BCUT2D eigenvalue weighted by Crippen LogP contribution is -2.22. The van der Waals surface area contributed by atoms with Gasteiger partial charge in [0, 0.05) is 5.54 Å². The van der Waals surface area contributed by atoms with E-state index in [4.69, 9.17) is 5.73 Å². The van der Waals surface area contributed by atoms with Gasteiger partial charge in [-0.05, 0) is 36.8 Å². The fourth-order valence-electron chi connectivity index (χ4n) is 1.67. The van der Waals surface area contributed by atoms with Gasteiger partial charge >= 0.3 is 0 Å². The third-order valence-corrected chi connectivity index (χ3v) is 2.95. The Bertz CT molecular complexity index is 318. The van der Waals surface area contributed by atoms with E-state index in [0.29, 0.717) is 0 Å². The van der Waals surface area contributed by atoms with Gasteiger partial charge in [0.25, 0.3) is 0 Å². The molecule has 0 aliphatic heterocycles. The minimum Gasteiger partial charge on any atom is -0.325 e. The smallest absolute Gasteiger partial charge is 0.115 e. The molecule has 0 heterocycles. The summed E-state index contributed by atoms with van der Waals surface area (Å²) in [6, 6.07) is 7.72. The highest BCUT2D eigenvalue weighted by atomic mass is 19.1. The predicted octanol–water partition coefficient (Wildman–Crippen LogP) is 2.58. The maximum atomic E-state index is 12.4. The Balaban J connectivity index is 1.94. The van der Waals surface area contributed by atoms with Crippen LogP contribution in [0.3, 0.4) is 0 Å². The second kappa shape index (κ2) is 3.70. The number of benzene rings is 1. The maximum absolute atomic E-state index is 12.4. The first-order chi connectivity index (χ1) is 6.72. The van der Waals surface area contributed by atoms with Gasteiger partial charge in [-0.15, -0.1) is 0 Å². The molecule has 0 atom stereocenters. The van der Waals surface area contributed by atoms with E-state index in [2.05, 4.69) is 0 Å². The van der Waals surface area contributed by atoms with Gasteiger partial charge in [0.15, 0.2) is 0 Å². The summed E-state index contributed by atoms with van der Waals surface area (Å²) in [7, 11) is 0. The lowest BCUT2D eigenvalue weighted by molar-refractivity contribution is 0.485. The maximum Gasteiger partial charge on any atom is 0.115 e. The molecule has 1 fully saturated rings. The topological polar surface area (TPSA) is 26.0 Å². The highest BCUT2D eigenvalue weighted by Crippen LogP contribution is 2.36. The molecular formula is C12H16FN. The van der Waals surface area contributed by atoms with Crippen LogP contribution >= 0.6 is 0 Å². The van der Waals surface area contributed by atoms with Gasteiger partial charge in [-0.1, -0.05) is 24.3 Å². The minimum absolute atomic E-state index is 0.103. The number of hydrogen-bond donors (Lipinski definition) is 1. The van der Waals surface area contributed by atoms with Crippen molar-refractivity contribution in [3.05, 3.63) is 35.4 Å². The zero-order valence-corrected chi connectivity index (χ0v) is 8.30. The van der Waals surface area contributed by atoms with Gasteiger partial charge in [0.2, 0.25) is 0 Å². The van der Waals surface area contributed by atoms with Gasteiger partial charge < -0.3 is 5.73 Å². The lowest BCUT2D eigenvalue weighted by Gasteiger charge is -2.08. The molecule has 0 bridgehead atoms. The Morgan fingerprint density at radius 2 is 2.00 bits per heavy atom. The van der Waals surface area contributed by atoms with Crippen molar-refractivity contribution >= 4 is 0 Å². The molecule has 1 nitrogen and oxygen atoms in total. The van der Waals surface area contributed by atoms with Crippen LogP contribution in [0.15, 0.2) is 24.3 Å². The van der Waals surface area contributed by atoms with Crippen molar-refractivity contribution in [3.63, 3.8) is 0 Å². The van der Waals surface area contributed by atoms with Gasteiger partial charge in [-0.2, -0.15) is 0 Å². The van der Waals surface area contributed by atoms with E-state index >= 15 is 0 Å². The molecule has 14 heavy (non-hydrogen) atoms. The summed E-state index contributed by atoms with van der Waals surface area (Å²) in [5.41, 5.74) is 8.07. The Labute approximate surface area is 84.1 Å². The molecule has 0 aromatic heterocycles. The predicted molar refractivity (Wildman–Crippen MR) is 55.7 cm³/mol. The van der Waals surface area contributed by atoms with E-state index in [-0.39, 0.29) is 12.2 Å². The van der Waals surface area contributed by atoms with Crippen LogP contribution < -0.4 is 5.73 Å². The van der Waals surface area contributed by atoms with Crippen LogP contribution in [0.5, 0.6) is 0 Å². The van der Waals surface area contributed by atoms with Crippen molar-refractivity contribution in [3.8, 4) is 0 Å². The zero-order valence-electron chi connectivity index (χ0n) is 8.30. The Morgan fingerprint density at radius 3 is 2.64 bits per heavy atom. The average Bonchev–Trinajstić information content (AvgIpc) is 2.95. The number of rotatable bonds is 4. The first-order valence-corrected chi connectivity index (χ1v) is 5.15. The largest absolute Gasteiger partial charge is 0.325 e. The lowest BCUT2D eigenvalue weighted by atomic mass is 10.0. The van der Waals surface area contributed by atoms with Crippen LogP contribution in [-0.2, 0) is 13.1 Å². The molecule has 2 N–H and O–H groups in total. The van der Waals surface area contributed by atoms with Crippen LogP contribution in [0, 0.1) is 0 Å². The summed E-state index contributed by atoms with van der Waals surface area (Å²) in [5.74, 6) is 0. The Hall–Kier alpha value is -0.890. The third-order valence-electron chi connectivity index (χ3n) is 2.95. The molecule has 0 saturated heterocycles. The first-order valence-electron chi connectivity index (χ1n) is 5.15. The van der Waals surface area contributed by atoms with Crippen LogP contribution in [-0.4, -0.2) is 5.54 Å². The second-order valence-corrected chi connectivity index (χ2v) is 4.32. The van der Waals surface area contributed by atoms with Crippen molar-refractivity contribution in [2.75, 3.05) is 0 Å². The fourth-order valence-corrected chi connectivity index (χ4v) is 1.67. The highest BCUT2D eigenvalue weighted by Gasteiger charge is 2.37. The van der Waals surface area contributed by atoms with E-state index in [1.54, 1.807) is 0 Å². The second-order valence-electron chi connectivity index (χ2n) is 4.32. The molecule has 1 aliphatic carbocycles. The number of nitrogens with two attached hydrogens (primary N) is 1. The molecule has 2 rings (SSSR count). The average molecular weight is 193 g/mol. The molecule has 2 heteroatoms. The number of aryl methyl sites for hydroxylation is 1. The number of halogens is 1.